The van der Waals surface area contributed by atoms with E-state index in [0.29, 0.717) is 6.61 Å². The van der Waals surface area contributed by atoms with Crippen LogP contribution in [0.1, 0.15) is 69.9 Å². The number of carbonyl (C=O) groups excluding carboxylic acids is 1. The minimum Gasteiger partial charge on any atom is -0.361 e. The van der Waals surface area contributed by atoms with Crippen LogP contribution < -0.4 is 4.90 Å². The number of benzene rings is 2. The van der Waals surface area contributed by atoms with Crippen LogP contribution in [-0.2, 0) is 24.3 Å². The molecule has 1 N–H and O–H groups in total. The minimum absolute atomic E-state index is 0.146. The number of rotatable bonds is 15. The molecule has 0 heterocycles. The molecule has 2 unspecified atom stereocenters. The van der Waals surface area contributed by atoms with Gasteiger partial charge in [0.15, 0.2) is 5.60 Å². The lowest BCUT2D eigenvalue weighted by atomic mass is 9.88. The molecule has 1 amide bonds. The van der Waals surface area contributed by atoms with E-state index >= 15 is 0 Å². The Balaban J connectivity index is 1.84. The number of carbonyl (C=O) groups is 1. The van der Waals surface area contributed by atoms with Gasteiger partial charge in [-0.05, 0) is 42.7 Å². The molecule has 0 saturated heterocycles. The molecule has 0 bridgehead atoms. The third kappa shape index (κ3) is 7.55. The Morgan fingerprint density at radius 1 is 1.05 bits per heavy atom. The third-order valence-corrected chi connectivity index (χ3v) is 8.60. The summed E-state index contributed by atoms with van der Waals surface area (Å²) in [4.78, 5) is 25.0. The Labute approximate surface area is 236 Å². The lowest BCUT2D eigenvalue weighted by Crippen LogP contribution is -2.49. The van der Waals surface area contributed by atoms with Gasteiger partial charge in [-0.25, -0.2) is 0 Å². The van der Waals surface area contributed by atoms with E-state index in [1.54, 1.807) is 6.08 Å². The third-order valence-electron chi connectivity index (χ3n) is 7.03. The summed E-state index contributed by atoms with van der Waals surface area (Å²) in [6, 6.07) is 14.7. The zero-order chi connectivity index (χ0) is 29.2. The van der Waals surface area contributed by atoms with E-state index in [4.69, 9.17) is 4.74 Å². The van der Waals surface area contributed by atoms with Crippen LogP contribution >= 0.6 is 7.60 Å². The van der Waals surface area contributed by atoms with Gasteiger partial charge in [0, 0.05) is 31.3 Å². The quantitative estimate of drug-likeness (QED) is 0.172. The topological polar surface area (TPSA) is 76.1 Å². The van der Waals surface area contributed by atoms with Gasteiger partial charge in [-0.1, -0.05) is 93.6 Å². The SMILES string of the molecule is CCCCCCCCOC1(C(=O)N(C)c2cccc(C(F)(F)P(=O)(O)OCC)c2)C=CC(c2ccccc2)=CC1. The van der Waals surface area contributed by atoms with Crippen molar-refractivity contribution < 1.29 is 32.3 Å². The Bertz CT molecular complexity index is 1230. The van der Waals surface area contributed by atoms with Crippen molar-refractivity contribution in [2.75, 3.05) is 25.2 Å². The molecule has 218 valence electrons. The average Bonchev–Trinajstić information content (AvgIpc) is 2.96. The van der Waals surface area contributed by atoms with Crippen molar-refractivity contribution in [2.45, 2.75) is 70.1 Å². The fraction of sp³-hybridized carbons (Fsp3) is 0.452. The van der Waals surface area contributed by atoms with E-state index in [2.05, 4.69) is 11.4 Å². The maximum absolute atomic E-state index is 14.9. The van der Waals surface area contributed by atoms with Crippen LogP contribution in [0.15, 0.2) is 72.8 Å². The van der Waals surface area contributed by atoms with Crippen molar-refractivity contribution in [1.82, 2.24) is 0 Å². The van der Waals surface area contributed by atoms with E-state index in [9.17, 15) is 23.0 Å². The molecule has 2 aromatic carbocycles. The van der Waals surface area contributed by atoms with Crippen molar-refractivity contribution in [3.8, 4) is 0 Å². The Kier molecular flexibility index (Phi) is 11.4. The van der Waals surface area contributed by atoms with E-state index in [1.807, 2.05) is 42.5 Å². The first-order valence-electron chi connectivity index (χ1n) is 13.9. The van der Waals surface area contributed by atoms with E-state index in [0.717, 1.165) is 55.4 Å². The zero-order valence-corrected chi connectivity index (χ0v) is 24.4. The molecule has 0 aliphatic heterocycles. The highest BCUT2D eigenvalue weighted by atomic mass is 31.2. The highest BCUT2D eigenvalue weighted by Gasteiger charge is 2.52. The van der Waals surface area contributed by atoms with Crippen molar-refractivity contribution in [2.24, 2.45) is 0 Å². The molecular formula is C31H40F2NO5P. The second-order valence-electron chi connectivity index (χ2n) is 9.96. The van der Waals surface area contributed by atoms with Gasteiger partial charge in [0.25, 0.3) is 5.91 Å². The Hall–Kier alpha value is -2.64. The summed E-state index contributed by atoms with van der Waals surface area (Å²) in [5.41, 5.74) is -4.05. The monoisotopic (exact) mass is 575 g/mol. The van der Waals surface area contributed by atoms with Gasteiger partial charge < -0.3 is 19.1 Å². The summed E-state index contributed by atoms with van der Waals surface area (Å²) in [5, 5.41) is 0. The standard InChI is InChI=1S/C31H40F2NO5P/c1-4-6-7-8-9-13-23-38-30(21-19-26(20-22-30)25-15-11-10-12-16-25)29(35)34(3)28-18-14-17-27(24-28)31(32,33)40(36,37)39-5-2/h10-12,14-21,24H,4-9,13,22-23H2,1-3H3,(H,36,37). The predicted molar refractivity (Wildman–Crippen MR) is 155 cm³/mol. The van der Waals surface area contributed by atoms with Crippen molar-refractivity contribution in [1.29, 1.82) is 0 Å². The summed E-state index contributed by atoms with van der Waals surface area (Å²) in [6.07, 6.45) is 12.3. The van der Waals surface area contributed by atoms with Gasteiger partial charge in [-0.3, -0.25) is 9.36 Å². The normalized spacial score (nSPS) is 18.7. The molecule has 0 spiro atoms. The van der Waals surface area contributed by atoms with Crippen LogP contribution in [0.25, 0.3) is 5.57 Å². The summed E-state index contributed by atoms with van der Waals surface area (Å²) in [5.74, 6) is -0.421. The van der Waals surface area contributed by atoms with Crippen LogP contribution in [0.4, 0.5) is 14.5 Å². The molecule has 6 nitrogen and oxygen atoms in total. The second-order valence-corrected chi connectivity index (χ2v) is 11.8. The fourth-order valence-corrected chi connectivity index (χ4v) is 5.63. The molecule has 0 radical (unpaired) electrons. The van der Waals surface area contributed by atoms with E-state index < -0.39 is 30.3 Å². The summed E-state index contributed by atoms with van der Waals surface area (Å²) >= 11 is 0. The highest BCUT2D eigenvalue weighted by molar-refractivity contribution is 7.53. The van der Waals surface area contributed by atoms with Gasteiger partial charge >= 0.3 is 13.3 Å². The molecule has 2 aromatic rings. The molecule has 1 aliphatic carbocycles. The van der Waals surface area contributed by atoms with Gasteiger partial charge in [-0.2, -0.15) is 8.78 Å². The number of anilines is 1. The zero-order valence-electron chi connectivity index (χ0n) is 23.5. The van der Waals surface area contributed by atoms with Gasteiger partial charge in [0.1, 0.15) is 0 Å². The molecular weight excluding hydrogens is 535 g/mol. The van der Waals surface area contributed by atoms with Crippen LogP contribution in [0, 0.1) is 0 Å². The molecule has 40 heavy (non-hydrogen) atoms. The number of likely N-dealkylation sites (N-methyl/N-ethyl adjacent to an activating group) is 1. The van der Waals surface area contributed by atoms with E-state index in [-0.39, 0.29) is 18.7 Å². The molecule has 0 saturated carbocycles. The van der Waals surface area contributed by atoms with Crippen LogP contribution in [0.5, 0.6) is 0 Å². The molecule has 0 fully saturated rings. The van der Waals surface area contributed by atoms with Gasteiger partial charge in [0.05, 0.1) is 6.61 Å². The second kappa shape index (κ2) is 14.3. The van der Waals surface area contributed by atoms with E-state index in [1.165, 1.54) is 37.4 Å². The largest absolute Gasteiger partial charge is 0.401 e. The lowest BCUT2D eigenvalue weighted by molar-refractivity contribution is -0.137. The smallest absolute Gasteiger partial charge is 0.361 e. The van der Waals surface area contributed by atoms with Crippen LogP contribution in [-0.4, -0.2) is 36.7 Å². The molecule has 3 rings (SSSR count). The number of nitrogens with zero attached hydrogens (tertiary/aromatic N) is 1. The van der Waals surface area contributed by atoms with Crippen LogP contribution in [0.3, 0.4) is 0 Å². The van der Waals surface area contributed by atoms with Crippen LogP contribution in [0.2, 0.25) is 0 Å². The number of amides is 1. The number of halogens is 2. The number of allylic oxidation sites excluding steroid dienone is 2. The van der Waals surface area contributed by atoms with Gasteiger partial charge in [-0.15, -0.1) is 0 Å². The number of unbranched alkanes of at least 4 members (excludes halogenated alkanes) is 5. The first kappa shape index (κ1) is 31.9. The molecule has 9 heteroatoms. The van der Waals surface area contributed by atoms with Crippen molar-refractivity contribution >= 4 is 24.8 Å². The summed E-state index contributed by atoms with van der Waals surface area (Å²) in [7, 11) is -3.79. The maximum Gasteiger partial charge on any atom is 0.401 e. The number of ether oxygens (including phenoxy) is 1. The average molecular weight is 576 g/mol. The minimum atomic E-state index is -5.28. The fourth-order valence-electron chi connectivity index (χ4n) is 4.65. The highest BCUT2D eigenvalue weighted by Crippen LogP contribution is 2.63. The maximum atomic E-state index is 14.9. The predicted octanol–water partition coefficient (Wildman–Crippen LogP) is 8.08. The molecule has 1 aliphatic rings. The van der Waals surface area contributed by atoms with Crippen molar-refractivity contribution in [3.05, 3.63) is 84.0 Å². The summed E-state index contributed by atoms with van der Waals surface area (Å²) < 4.78 is 52.8. The van der Waals surface area contributed by atoms with Crippen molar-refractivity contribution in [3.63, 3.8) is 0 Å². The molecule has 2 atom stereocenters. The lowest BCUT2D eigenvalue weighted by Gasteiger charge is -2.35. The number of hydrogen-bond donors (Lipinski definition) is 1. The Morgan fingerprint density at radius 2 is 1.75 bits per heavy atom. The first-order valence-corrected chi connectivity index (χ1v) is 15.5. The number of hydrogen-bond acceptors (Lipinski definition) is 4. The first-order chi connectivity index (χ1) is 19.1. The molecule has 0 aromatic heterocycles. The Morgan fingerprint density at radius 3 is 2.40 bits per heavy atom. The summed E-state index contributed by atoms with van der Waals surface area (Å²) in [6.45, 7) is 3.57. The number of alkyl halides is 2. The van der Waals surface area contributed by atoms with Gasteiger partial charge in [0.2, 0.25) is 0 Å².